The van der Waals surface area contributed by atoms with Gasteiger partial charge in [0.2, 0.25) is 0 Å². The second-order valence-electron chi connectivity index (χ2n) is 7.49. The summed E-state index contributed by atoms with van der Waals surface area (Å²) < 4.78 is 7.49. The quantitative estimate of drug-likeness (QED) is 0.587. The van der Waals surface area contributed by atoms with Gasteiger partial charge in [-0.1, -0.05) is 0 Å². The Morgan fingerprint density at radius 3 is 2.69 bits per heavy atom. The van der Waals surface area contributed by atoms with Crippen LogP contribution in [0.4, 0.5) is 0 Å². The summed E-state index contributed by atoms with van der Waals surface area (Å²) in [5.41, 5.74) is 3.66. The lowest BCUT2D eigenvalue weighted by atomic mass is 10.1. The van der Waals surface area contributed by atoms with Crippen LogP contribution in [0.15, 0.2) is 4.99 Å². The first-order chi connectivity index (χ1) is 12.3. The van der Waals surface area contributed by atoms with Crippen molar-refractivity contribution in [2.24, 2.45) is 12.0 Å². The highest BCUT2D eigenvalue weighted by Gasteiger charge is 2.23. The summed E-state index contributed by atoms with van der Waals surface area (Å²) >= 11 is 0. The number of nitrogens with zero attached hydrogens (tertiary/aromatic N) is 4. The zero-order valence-corrected chi connectivity index (χ0v) is 17.5. The van der Waals surface area contributed by atoms with Crippen molar-refractivity contribution in [2.45, 2.75) is 59.2 Å². The number of nitrogens with one attached hydrogen (secondary N) is 2. The second-order valence-corrected chi connectivity index (χ2v) is 7.49. The molecule has 0 radical (unpaired) electrons. The maximum Gasteiger partial charge on any atom is 0.191 e. The van der Waals surface area contributed by atoms with Crippen molar-refractivity contribution >= 4 is 5.96 Å². The van der Waals surface area contributed by atoms with E-state index in [1.54, 1.807) is 0 Å². The molecular weight excluding hydrogens is 328 g/mol. The third kappa shape index (κ3) is 5.20. The molecule has 1 aromatic heterocycles. The van der Waals surface area contributed by atoms with E-state index in [1.165, 1.54) is 11.3 Å². The number of aromatic nitrogens is 2. The number of aliphatic imine (C=N–C) groups is 1. The first-order valence-corrected chi connectivity index (χ1v) is 9.63. The number of ether oxygens (including phenoxy) is 1. The second kappa shape index (κ2) is 9.37. The Labute approximate surface area is 158 Å². The van der Waals surface area contributed by atoms with E-state index in [2.05, 4.69) is 60.2 Å². The fraction of sp³-hybridized carbons (Fsp3) is 0.789. The maximum absolute atomic E-state index is 5.53. The zero-order valence-electron chi connectivity index (χ0n) is 17.5. The Morgan fingerprint density at radius 2 is 2.12 bits per heavy atom. The molecule has 1 aromatic rings. The van der Waals surface area contributed by atoms with Gasteiger partial charge in [0.15, 0.2) is 5.96 Å². The summed E-state index contributed by atoms with van der Waals surface area (Å²) in [6.07, 6.45) is 0.933. The van der Waals surface area contributed by atoms with Crippen LogP contribution in [0.2, 0.25) is 0 Å². The van der Waals surface area contributed by atoms with E-state index in [0.717, 1.165) is 44.4 Å². The molecule has 0 saturated carbocycles. The van der Waals surface area contributed by atoms with Gasteiger partial charge in [0.05, 0.1) is 18.9 Å². The van der Waals surface area contributed by atoms with Crippen molar-refractivity contribution in [1.29, 1.82) is 0 Å². The van der Waals surface area contributed by atoms with Gasteiger partial charge in [-0.3, -0.25) is 14.6 Å². The summed E-state index contributed by atoms with van der Waals surface area (Å²) in [4.78, 5) is 6.88. The standard InChI is InChI=1S/C19H36N6O/c1-13(10-18-16(4)23-24(7)17(18)5)22-19(20-6)21-11-14(2)25-8-9-26-12-15(25)3/h13-15H,8-12H2,1-7H3,(H2,20,21,22). The van der Waals surface area contributed by atoms with E-state index in [0.29, 0.717) is 12.1 Å². The van der Waals surface area contributed by atoms with Crippen LogP contribution in [0.25, 0.3) is 0 Å². The minimum absolute atomic E-state index is 0.278. The molecule has 2 rings (SSSR count). The average molecular weight is 365 g/mol. The van der Waals surface area contributed by atoms with Crippen LogP contribution < -0.4 is 10.6 Å². The highest BCUT2D eigenvalue weighted by molar-refractivity contribution is 5.80. The summed E-state index contributed by atoms with van der Waals surface area (Å²) in [6, 6.07) is 1.18. The van der Waals surface area contributed by atoms with Crippen molar-refractivity contribution in [3.63, 3.8) is 0 Å². The van der Waals surface area contributed by atoms with Crippen molar-refractivity contribution in [3.8, 4) is 0 Å². The first-order valence-electron chi connectivity index (χ1n) is 9.63. The topological polar surface area (TPSA) is 66.7 Å². The third-order valence-corrected chi connectivity index (χ3v) is 5.33. The van der Waals surface area contributed by atoms with Gasteiger partial charge in [0, 0.05) is 51.0 Å². The van der Waals surface area contributed by atoms with Crippen LogP contribution in [0.5, 0.6) is 0 Å². The average Bonchev–Trinajstić information content (AvgIpc) is 2.84. The molecular formula is C19H36N6O. The van der Waals surface area contributed by atoms with Gasteiger partial charge in [-0.25, -0.2) is 0 Å². The summed E-state index contributed by atoms with van der Waals surface area (Å²) in [7, 11) is 3.82. The summed E-state index contributed by atoms with van der Waals surface area (Å²) in [6.45, 7) is 14.4. The van der Waals surface area contributed by atoms with Crippen molar-refractivity contribution in [1.82, 2.24) is 25.3 Å². The molecule has 0 aliphatic carbocycles. The monoisotopic (exact) mass is 364 g/mol. The molecule has 26 heavy (non-hydrogen) atoms. The molecule has 1 fully saturated rings. The van der Waals surface area contributed by atoms with Crippen LogP contribution in [-0.4, -0.2) is 72.1 Å². The molecule has 3 atom stereocenters. The molecule has 1 saturated heterocycles. The van der Waals surface area contributed by atoms with Crippen molar-refractivity contribution < 1.29 is 4.74 Å². The molecule has 2 heterocycles. The van der Waals surface area contributed by atoms with E-state index in [-0.39, 0.29) is 6.04 Å². The highest BCUT2D eigenvalue weighted by Crippen LogP contribution is 2.14. The lowest BCUT2D eigenvalue weighted by Crippen LogP contribution is -2.53. The van der Waals surface area contributed by atoms with E-state index in [9.17, 15) is 0 Å². The summed E-state index contributed by atoms with van der Waals surface area (Å²) in [5, 5.41) is 11.5. The van der Waals surface area contributed by atoms with Crippen LogP contribution in [-0.2, 0) is 18.2 Å². The van der Waals surface area contributed by atoms with E-state index >= 15 is 0 Å². The van der Waals surface area contributed by atoms with Crippen LogP contribution >= 0.6 is 0 Å². The Balaban J connectivity index is 1.84. The van der Waals surface area contributed by atoms with Crippen LogP contribution in [0, 0.1) is 13.8 Å². The molecule has 0 bridgehead atoms. The number of morpholine rings is 1. The predicted octanol–water partition coefficient (Wildman–Crippen LogP) is 1.24. The molecule has 148 valence electrons. The zero-order chi connectivity index (χ0) is 19.3. The number of hydrogen-bond donors (Lipinski definition) is 2. The molecule has 7 heteroatoms. The fourth-order valence-corrected chi connectivity index (χ4v) is 3.65. The lowest BCUT2D eigenvalue weighted by Gasteiger charge is -2.38. The number of guanidine groups is 1. The molecule has 1 aliphatic heterocycles. The smallest absolute Gasteiger partial charge is 0.191 e. The van der Waals surface area contributed by atoms with Crippen LogP contribution in [0.3, 0.4) is 0 Å². The molecule has 1 aliphatic rings. The van der Waals surface area contributed by atoms with E-state index in [4.69, 9.17) is 4.74 Å². The Hall–Kier alpha value is -1.60. The number of rotatable bonds is 6. The minimum Gasteiger partial charge on any atom is -0.379 e. The van der Waals surface area contributed by atoms with Gasteiger partial charge in [0.25, 0.3) is 0 Å². The van der Waals surface area contributed by atoms with Crippen LogP contribution in [0.1, 0.15) is 37.7 Å². The summed E-state index contributed by atoms with van der Waals surface area (Å²) in [5.74, 6) is 0.851. The fourth-order valence-electron chi connectivity index (χ4n) is 3.65. The molecule has 3 unspecified atom stereocenters. The Bertz CT molecular complexity index is 611. The van der Waals surface area contributed by atoms with Gasteiger partial charge in [-0.05, 0) is 46.6 Å². The number of hydrogen-bond acceptors (Lipinski definition) is 4. The maximum atomic E-state index is 5.53. The molecule has 2 N–H and O–H groups in total. The lowest BCUT2D eigenvalue weighted by molar-refractivity contribution is -0.0174. The van der Waals surface area contributed by atoms with Gasteiger partial charge in [-0.15, -0.1) is 0 Å². The van der Waals surface area contributed by atoms with E-state index in [1.807, 2.05) is 18.8 Å². The highest BCUT2D eigenvalue weighted by atomic mass is 16.5. The van der Waals surface area contributed by atoms with Gasteiger partial charge < -0.3 is 15.4 Å². The minimum atomic E-state index is 0.278. The molecule has 7 nitrogen and oxygen atoms in total. The molecule has 0 aromatic carbocycles. The van der Waals surface area contributed by atoms with Crippen molar-refractivity contribution in [3.05, 3.63) is 17.0 Å². The first kappa shape index (κ1) is 20.7. The van der Waals surface area contributed by atoms with E-state index < -0.39 is 0 Å². The predicted molar refractivity (Wildman–Crippen MR) is 107 cm³/mol. The SMILES string of the molecule is CN=C(NCC(C)N1CCOCC1C)NC(C)Cc1c(C)nn(C)c1C. The third-order valence-electron chi connectivity index (χ3n) is 5.33. The largest absolute Gasteiger partial charge is 0.379 e. The van der Waals surface area contributed by atoms with Gasteiger partial charge >= 0.3 is 0 Å². The molecule has 0 amide bonds. The Morgan fingerprint density at radius 1 is 1.38 bits per heavy atom. The van der Waals surface area contributed by atoms with Crippen molar-refractivity contribution in [2.75, 3.05) is 33.4 Å². The molecule has 0 spiro atoms. The van der Waals surface area contributed by atoms with Gasteiger partial charge in [-0.2, -0.15) is 5.10 Å². The number of aryl methyl sites for hydroxylation is 2. The Kier molecular flexibility index (Phi) is 7.46. The van der Waals surface area contributed by atoms with Gasteiger partial charge in [0.1, 0.15) is 0 Å². The normalized spacial score (nSPS) is 21.5.